The molecule has 170 valence electrons. The van der Waals surface area contributed by atoms with Crippen LogP contribution in [0.15, 0.2) is 76.7 Å². The number of aryl methyl sites for hydroxylation is 2. The summed E-state index contributed by atoms with van der Waals surface area (Å²) in [4.78, 5) is 15.6. The predicted octanol–water partition coefficient (Wildman–Crippen LogP) is 5.20. The Morgan fingerprint density at radius 2 is 1.97 bits per heavy atom. The van der Waals surface area contributed by atoms with Crippen molar-refractivity contribution in [2.75, 3.05) is 24.3 Å². The normalized spacial score (nSPS) is 13.1. The van der Waals surface area contributed by atoms with Gasteiger partial charge in [0.25, 0.3) is 0 Å². The Labute approximate surface area is 199 Å². The number of carbonyl (C=O) groups excluding carboxylic acids is 1. The molecule has 0 unspecified atom stereocenters. The Kier molecular flexibility index (Phi) is 7.68. The summed E-state index contributed by atoms with van der Waals surface area (Å²) in [7, 11) is 1.70. The molecular weight excluding hydrogens is 430 g/mol. The molecule has 0 spiro atoms. The lowest BCUT2D eigenvalue weighted by Gasteiger charge is -2.31. The summed E-state index contributed by atoms with van der Waals surface area (Å²) in [6, 6.07) is 22.7. The lowest BCUT2D eigenvalue weighted by Crippen LogP contribution is -2.29. The number of benzene rings is 3. The smallest absolute Gasteiger partial charge is 0.250 e. The molecular formula is C27H29N3O2S. The molecule has 5 nitrogen and oxygen atoms in total. The second-order valence-electron chi connectivity index (χ2n) is 8.12. The maximum Gasteiger partial charge on any atom is 0.250 e. The SMILES string of the molecule is COc1ccc(/C=N\NC(=O)CSc2ccc(C)cc2)cc1CN1CCCc2ccccc21. The van der Waals surface area contributed by atoms with Crippen LogP contribution in [0.2, 0.25) is 0 Å². The summed E-state index contributed by atoms with van der Waals surface area (Å²) in [5, 5.41) is 4.16. The van der Waals surface area contributed by atoms with Crippen molar-refractivity contribution in [3.05, 3.63) is 89.0 Å². The average Bonchev–Trinajstić information content (AvgIpc) is 2.84. The first kappa shape index (κ1) is 22.9. The average molecular weight is 460 g/mol. The molecule has 33 heavy (non-hydrogen) atoms. The van der Waals surface area contributed by atoms with E-state index in [0.29, 0.717) is 5.75 Å². The zero-order valence-electron chi connectivity index (χ0n) is 19.1. The summed E-state index contributed by atoms with van der Waals surface area (Å²) in [5.74, 6) is 1.05. The molecule has 0 bridgehead atoms. The largest absolute Gasteiger partial charge is 0.496 e. The van der Waals surface area contributed by atoms with Gasteiger partial charge in [0.2, 0.25) is 5.91 Å². The van der Waals surface area contributed by atoms with Gasteiger partial charge in [0.1, 0.15) is 5.75 Å². The number of para-hydroxylation sites is 1. The highest BCUT2D eigenvalue weighted by molar-refractivity contribution is 8.00. The van der Waals surface area contributed by atoms with E-state index in [0.717, 1.165) is 47.7 Å². The Morgan fingerprint density at radius 3 is 2.79 bits per heavy atom. The molecule has 1 aliphatic rings. The molecule has 3 aromatic rings. The van der Waals surface area contributed by atoms with Crippen LogP contribution in [0.25, 0.3) is 0 Å². The second kappa shape index (κ2) is 11.1. The molecule has 0 saturated heterocycles. The van der Waals surface area contributed by atoms with Crippen LogP contribution in [0.4, 0.5) is 5.69 Å². The third-order valence-corrected chi connectivity index (χ3v) is 6.68. The van der Waals surface area contributed by atoms with Gasteiger partial charge in [0.15, 0.2) is 0 Å². The van der Waals surface area contributed by atoms with Gasteiger partial charge in [-0.1, -0.05) is 35.9 Å². The van der Waals surface area contributed by atoms with E-state index in [1.165, 1.54) is 28.6 Å². The summed E-state index contributed by atoms with van der Waals surface area (Å²) in [5.41, 5.74) is 8.53. The predicted molar refractivity (Wildman–Crippen MR) is 136 cm³/mol. The molecule has 4 rings (SSSR count). The number of amides is 1. The number of hydrogen-bond donors (Lipinski definition) is 1. The number of carbonyl (C=O) groups is 1. The Hall–Kier alpha value is -3.25. The number of methoxy groups -OCH3 is 1. The molecule has 1 amide bonds. The van der Waals surface area contributed by atoms with Crippen molar-refractivity contribution in [1.82, 2.24) is 5.43 Å². The molecule has 0 aliphatic carbocycles. The summed E-state index contributed by atoms with van der Waals surface area (Å²) >= 11 is 1.50. The van der Waals surface area contributed by atoms with Crippen LogP contribution in [-0.2, 0) is 17.8 Å². The fourth-order valence-corrected chi connectivity index (χ4v) is 4.67. The summed E-state index contributed by atoms with van der Waals surface area (Å²) < 4.78 is 5.61. The van der Waals surface area contributed by atoms with E-state index in [1.54, 1.807) is 13.3 Å². The third-order valence-electron chi connectivity index (χ3n) is 5.67. The van der Waals surface area contributed by atoms with E-state index < -0.39 is 0 Å². The number of ether oxygens (including phenoxy) is 1. The highest BCUT2D eigenvalue weighted by Crippen LogP contribution is 2.30. The van der Waals surface area contributed by atoms with Crippen LogP contribution in [0.1, 0.15) is 28.7 Å². The zero-order valence-corrected chi connectivity index (χ0v) is 19.9. The van der Waals surface area contributed by atoms with Gasteiger partial charge in [-0.05, 0) is 67.3 Å². The van der Waals surface area contributed by atoms with Crippen LogP contribution in [0.5, 0.6) is 5.75 Å². The van der Waals surface area contributed by atoms with Crippen molar-refractivity contribution in [3.63, 3.8) is 0 Å². The number of hydrazone groups is 1. The standard InChI is InChI=1S/C27H29N3O2S/c1-20-9-12-24(13-10-20)33-19-27(31)29-28-17-21-11-14-26(32-2)23(16-21)18-30-15-5-7-22-6-3-4-8-25(22)30/h3-4,6,8-14,16-17H,5,7,15,18-19H2,1-2H3,(H,29,31)/b28-17-. The Bertz CT molecular complexity index is 1130. The van der Waals surface area contributed by atoms with Crippen LogP contribution in [0, 0.1) is 6.92 Å². The molecule has 0 atom stereocenters. The molecule has 3 aromatic carbocycles. The Morgan fingerprint density at radius 1 is 1.15 bits per heavy atom. The van der Waals surface area contributed by atoms with Crippen LogP contribution >= 0.6 is 11.8 Å². The first-order valence-electron chi connectivity index (χ1n) is 11.1. The number of rotatable bonds is 8. The lowest BCUT2D eigenvalue weighted by molar-refractivity contribution is -0.118. The molecule has 0 radical (unpaired) electrons. The molecule has 1 N–H and O–H groups in total. The van der Waals surface area contributed by atoms with Gasteiger partial charge in [-0.2, -0.15) is 5.10 Å². The van der Waals surface area contributed by atoms with Crippen molar-refractivity contribution < 1.29 is 9.53 Å². The highest BCUT2D eigenvalue weighted by Gasteiger charge is 2.18. The maximum atomic E-state index is 12.1. The fourth-order valence-electron chi connectivity index (χ4n) is 3.98. The van der Waals surface area contributed by atoms with E-state index in [4.69, 9.17) is 4.74 Å². The van der Waals surface area contributed by atoms with Crippen LogP contribution < -0.4 is 15.1 Å². The fraction of sp³-hybridized carbons (Fsp3) is 0.259. The lowest BCUT2D eigenvalue weighted by atomic mass is 10.0. The van der Waals surface area contributed by atoms with E-state index >= 15 is 0 Å². The van der Waals surface area contributed by atoms with Crippen LogP contribution in [0.3, 0.4) is 0 Å². The highest BCUT2D eigenvalue weighted by atomic mass is 32.2. The Balaban J connectivity index is 1.38. The molecule has 6 heteroatoms. The minimum absolute atomic E-state index is 0.129. The number of fused-ring (bicyclic) bond motifs is 1. The minimum Gasteiger partial charge on any atom is -0.496 e. The van der Waals surface area contributed by atoms with Gasteiger partial charge in [-0.25, -0.2) is 5.43 Å². The summed E-state index contributed by atoms with van der Waals surface area (Å²) in [6.07, 6.45) is 3.95. The molecule has 0 fully saturated rings. The number of anilines is 1. The molecule has 1 aliphatic heterocycles. The maximum absolute atomic E-state index is 12.1. The van der Waals surface area contributed by atoms with Gasteiger partial charge in [0.05, 0.1) is 19.1 Å². The van der Waals surface area contributed by atoms with Gasteiger partial charge >= 0.3 is 0 Å². The van der Waals surface area contributed by atoms with Gasteiger partial charge in [0, 0.05) is 29.2 Å². The van der Waals surface area contributed by atoms with E-state index in [1.807, 2.05) is 43.3 Å². The second-order valence-corrected chi connectivity index (χ2v) is 9.17. The van der Waals surface area contributed by atoms with Crippen molar-refractivity contribution in [3.8, 4) is 5.75 Å². The quantitative estimate of drug-likeness (QED) is 0.286. The first-order chi connectivity index (χ1) is 16.1. The first-order valence-corrected chi connectivity index (χ1v) is 12.1. The van der Waals surface area contributed by atoms with Crippen LogP contribution in [-0.4, -0.2) is 31.5 Å². The number of hydrogen-bond acceptors (Lipinski definition) is 5. The summed E-state index contributed by atoms with van der Waals surface area (Å²) in [6.45, 7) is 3.83. The molecule has 1 heterocycles. The number of nitrogens with zero attached hydrogens (tertiary/aromatic N) is 2. The molecule has 0 aromatic heterocycles. The third kappa shape index (κ3) is 6.17. The van der Waals surface area contributed by atoms with Gasteiger partial charge in [-0.3, -0.25) is 4.79 Å². The molecule has 0 saturated carbocycles. The van der Waals surface area contributed by atoms with Gasteiger partial charge in [-0.15, -0.1) is 11.8 Å². The van der Waals surface area contributed by atoms with Gasteiger partial charge < -0.3 is 9.64 Å². The van der Waals surface area contributed by atoms with Crippen molar-refractivity contribution >= 4 is 29.6 Å². The van der Waals surface area contributed by atoms with E-state index in [-0.39, 0.29) is 5.91 Å². The zero-order chi connectivity index (χ0) is 23.0. The van der Waals surface area contributed by atoms with Crippen molar-refractivity contribution in [2.45, 2.75) is 31.2 Å². The van der Waals surface area contributed by atoms with E-state index in [2.05, 4.69) is 45.8 Å². The number of nitrogens with one attached hydrogen (secondary N) is 1. The monoisotopic (exact) mass is 459 g/mol. The number of thioether (sulfide) groups is 1. The minimum atomic E-state index is -0.129. The topological polar surface area (TPSA) is 53.9 Å². The van der Waals surface area contributed by atoms with Crippen molar-refractivity contribution in [2.24, 2.45) is 5.10 Å². The van der Waals surface area contributed by atoms with Crippen molar-refractivity contribution in [1.29, 1.82) is 0 Å². The van der Waals surface area contributed by atoms with E-state index in [9.17, 15) is 4.79 Å².